The fourth-order valence-corrected chi connectivity index (χ4v) is 12.2. The van der Waals surface area contributed by atoms with Crippen LogP contribution in [-0.2, 0) is 5.54 Å². The van der Waals surface area contributed by atoms with Crippen LogP contribution in [0.5, 0.6) is 11.8 Å². The van der Waals surface area contributed by atoms with Crippen molar-refractivity contribution in [2.24, 2.45) is 0 Å². The number of piperazine rings is 1. The number of hydrogen-bond acceptors (Lipinski definition) is 9. The van der Waals surface area contributed by atoms with Crippen LogP contribution in [0, 0.1) is 11.6 Å². The molecule has 7 aromatic rings. The van der Waals surface area contributed by atoms with Crippen LogP contribution in [0.25, 0.3) is 32.9 Å². The minimum Gasteiger partial charge on any atom is -0.508 e. The highest BCUT2D eigenvalue weighted by Gasteiger charge is 2.55. The van der Waals surface area contributed by atoms with Crippen LogP contribution in [0.2, 0.25) is 0 Å². The molecule has 0 saturated carbocycles. The summed E-state index contributed by atoms with van der Waals surface area (Å²) in [7, 11) is 0. The van der Waals surface area contributed by atoms with Crippen LogP contribution < -0.4 is 9.64 Å². The zero-order valence-corrected chi connectivity index (χ0v) is 36.0. The Hall–Kier alpha value is -6.08. The molecule has 0 amide bonds. The van der Waals surface area contributed by atoms with Gasteiger partial charge in [-0.1, -0.05) is 103 Å². The second-order valence-electron chi connectivity index (χ2n) is 18.8. The molecule has 65 heavy (non-hydrogen) atoms. The Morgan fingerprint density at radius 1 is 0.785 bits per heavy atom. The third kappa shape index (κ3) is 6.74. The lowest BCUT2D eigenvalue weighted by Gasteiger charge is -2.43. The van der Waals surface area contributed by atoms with Gasteiger partial charge in [0, 0.05) is 74.4 Å². The van der Waals surface area contributed by atoms with Gasteiger partial charge in [-0.25, -0.2) is 13.2 Å². The molecule has 5 aliphatic rings. The van der Waals surface area contributed by atoms with Crippen LogP contribution >= 0.6 is 0 Å². The molecular formula is C53H50F3N7O2. The zero-order chi connectivity index (χ0) is 43.9. The number of alkyl halides is 1. The molecule has 1 N–H and O–H groups in total. The number of phenolic OH excluding ortho intramolecular Hbond substituents is 1. The van der Waals surface area contributed by atoms with Crippen LogP contribution in [-0.4, -0.2) is 110 Å². The van der Waals surface area contributed by atoms with Gasteiger partial charge in [0.15, 0.2) is 5.82 Å². The predicted octanol–water partition coefficient (Wildman–Crippen LogP) is 9.11. The van der Waals surface area contributed by atoms with Gasteiger partial charge in [-0.05, 0) is 72.5 Å². The third-order valence-electron chi connectivity index (χ3n) is 15.1. The number of rotatable bonds is 11. The van der Waals surface area contributed by atoms with Crippen molar-refractivity contribution in [3.05, 3.63) is 156 Å². The largest absolute Gasteiger partial charge is 0.508 e. The average molecular weight is 874 g/mol. The number of halogens is 3. The predicted molar refractivity (Wildman–Crippen MR) is 246 cm³/mol. The maximum Gasteiger partial charge on any atom is 0.319 e. The highest BCUT2D eigenvalue weighted by atomic mass is 19.1. The maximum atomic E-state index is 17.3. The number of nitrogens with zero attached hydrogens (tertiary/aromatic N) is 7. The number of pyridine rings is 1. The van der Waals surface area contributed by atoms with E-state index in [9.17, 15) is 9.50 Å². The molecule has 6 atom stereocenters. The zero-order valence-electron chi connectivity index (χ0n) is 36.0. The Morgan fingerprint density at radius 3 is 2.14 bits per heavy atom. The quantitative estimate of drug-likeness (QED) is 0.101. The van der Waals surface area contributed by atoms with Crippen LogP contribution in [0.1, 0.15) is 48.8 Å². The number of hydrogen-bond donors (Lipinski definition) is 1. The summed E-state index contributed by atoms with van der Waals surface area (Å²) in [6.45, 7) is 4.58. The van der Waals surface area contributed by atoms with Crippen molar-refractivity contribution in [3.8, 4) is 23.0 Å². The number of fused-ring (bicyclic) bond motifs is 5. The molecule has 7 heterocycles. The van der Waals surface area contributed by atoms with Crippen molar-refractivity contribution < 1.29 is 23.0 Å². The maximum absolute atomic E-state index is 17.3. The van der Waals surface area contributed by atoms with E-state index < -0.39 is 28.9 Å². The van der Waals surface area contributed by atoms with Crippen LogP contribution in [0.4, 0.5) is 19.0 Å². The minimum absolute atomic E-state index is 0.000810. The Labute approximate surface area is 376 Å². The summed E-state index contributed by atoms with van der Waals surface area (Å²) >= 11 is 0. The average Bonchev–Trinajstić information content (AvgIpc) is 3.79. The molecule has 0 spiro atoms. The normalized spacial score (nSPS) is 25.4. The molecule has 2 bridgehead atoms. The Kier molecular flexibility index (Phi) is 9.84. The van der Waals surface area contributed by atoms with Crippen molar-refractivity contribution in [1.82, 2.24) is 29.7 Å². The number of aromatic hydroxyl groups is 1. The molecule has 12 heteroatoms. The highest BCUT2D eigenvalue weighted by molar-refractivity contribution is 6.00. The van der Waals surface area contributed by atoms with Crippen molar-refractivity contribution in [3.63, 3.8) is 0 Å². The van der Waals surface area contributed by atoms with E-state index in [0.29, 0.717) is 48.7 Å². The summed E-state index contributed by atoms with van der Waals surface area (Å²) in [6.07, 6.45) is 4.82. The van der Waals surface area contributed by atoms with E-state index in [4.69, 9.17) is 14.7 Å². The van der Waals surface area contributed by atoms with E-state index in [1.807, 2.05) is 0 Å². The monoisotopic (exact) mass is 873 g/mol. The van der Waals surface area contributed by atoms with Crippen LogP contribution in [0.15, 0.2) is 128 Å². The number of benzene rings is 5. The summed E-state index contributed by atoms with van der Waals surface area (Å²) in [5, 5.41) is 11.7. The second kappa shape index (κ2) is 15.8. The number of ether oxygens (including phenoxy) is 1. The standard InChI is InChI=1S/C53H50F3N7O2/c54-38-26-52(22-11-23-61(52)28-38)33-65-51-58-49-44(27-57-48(47(49)56)43-25-42(64)24-34-12-10-19-45(55)46(34)43)50(59-51)60-29-39-20-21-40(30-60)62(39)31-41-32-63(41)53(35-13-4-1-5-14-35,36-15-6-2-7-16-36)37-17-8-3-9-18-37/h1-10,12-19,24-25,27,38-41,64H,11,20-23,26,28-33H2/t38-,39-,40+,41?,52+,63?/m1/s1. The summed E-state index contributed by atoms with van der Waals surface area (Å²) < 4.78 is 54.0. The highest BCUT2D eigenvalue weighted by Crippen LogP contribution is 2.50. The lowest BCUT2D eigenvalue weighted by molar-refractivity contribution is 0.107. The first-order valence-corrected chi connectivity index (χ1v) is 23.0. The van der Waals surface area contributed by atoms with E-state index in [0.717, 1.165) is 45.3 Å². The van der Waals surface area contributed by atoms with E-state index in [1.54, 1.807) is 18.3 Å². The van der Waals surface area contributed by atoms with E-state index in [2.05, 4.69) is 116 Å². The minimum atomic E-state index is -0.934. The van der Waals surface area contributed by atoms with Crippen molar-refractivity contribution >= 4 is 27.5 Å². The van der Waals surface area contributed by atoms with Gasteiger partial charge < -0.3 is 14.7 Å². The first-order chi connectivity index (χ1) is 31.8. The number of aromatic nitrogens is 3. The van der Waals surface area contributed by atoms with Crippen molar-refractivity contribution in [1.29, 1.82) is 0 Å². The molecule has 9 nitrogen and oxygen atoms in total. The van der Waals surface area contributed by atoms with Crippen LogP contribution in [0.3, 0.4) is 0 Å². The molecule has 0 aliphatic carbocycles. The summed E-state index contributed by atoms with van der Waals surface area (Å²) in [5.74, 6) is -0.914. The first-order valence-electron chi connectivity index (χ1n) is 23.0. The molecule has 12 rings (SSSR count). The Balaban J connectivity index is 0.881. The van der Waals surface area contributed by atoms with Gasteiger partial charge in [0.1, 0.15) is 41.4 Å². The smallest absolute Gasteiger partial charge is 0.319 e. The van der Waals surface area contributed by atoms with Gasteiger partial charge in [-0.3, -0.25) is 19.7 Å². The van der Waals surface area contributed by atoms with Gasteiger partial charge in [-0.2, -0.15) is 9.97 Å². The fraction of sp³-hybridized carbons (Fsp3) is 0.340. The summed E-state index contributed by atoms with van der Waals surface area (Å²) in [5.41, 5.74) is 2.79. The molecule has 5 saturated heterocycles. The third-order valence-corrected chi connectivity index (χ3v) is 15.1. The summed E-state index contributed by atoms with van der Waals surface area (Å²) in [4.78, 5) is 24.1. The van der Waals surface area contributed by atoms with E-state index in [-0.39, 0.29) is 52.6 Å². The Bertz CT molecular complexity index is 2800. The topological polar surface area (TPSA) is 80.9 Å². The van der Waals surface area contributed by atoms with Gasteiger partial charge in [0.2, 0.25) is 0 Å². The molecule has 5 fully saturated rings. The molecule has 2 unspecified atom stereocenters. The number of anilines is 1. The Morgan fingerprint density at radius 2 is 1.46 bits per heavy atom. The van der Waals surface area contributed by atoms with Crippen molar-refractivity contribution in [2.45, 2.75) is 67.5 Å². The second-order valence-corrected chi connectivity index (χ2v) is 18.8. The van der Waals surface area contributed by atoms with Gasteiger partial charge in [0.25, 0.3) is 0 Å². The van der Waals surface area contributed by atoms with E-state index >= 15 is 8.78 Å². The van der Waals surface area contributed by atoms with Gasteiger partial charge in [-0.15, -0.1) is 0 Å². The molecular weight excluding hydrogens is 824 g/mol. The lowest BCUT2D eigenvalue weighted by atomic mass is 9.76. The summed E-state index contributed by atoms with van der Waals surface area (Å²) in [6, 6.07) is 40.7. The van der Waals surface area contributed by atoms with E-state index in [1.165, 1.54) is 34.9 Å². The lowest BCUT2D eigenvalue weighted by Crippen LogP contribution is -2.55. The SMILES string of the molecule is Oc1cc(-c2ncc3c(N4C[C@H]5CC[C@@H](C4)N5CC4CN4C(c4ccccc4)(c4ccccc4)c4ccccc4)nc(OC[C@@]45CCCN4C[C@H](F)C5)nc3c2F)c2c(F)cccc2c1. The fourth-order valence-electron chi connectivity index (χ4n) is 12.2. The molecule has 2 aromatic heterocycles. The van der Waals surface area contributed by atoms with Crippen molar-refractivity contribution in [2.75, 3.05) is 50.8 Å². The number of phenols is 1. The molecule has 5 aliphatic heterocycles. The molecule has 330 valence electrons. The van der Waals surface area contributed by atoms with Gasteiger partial charge >= 0.3 is 6.01 Å². The molecule has 5 aromatic carbocycles. The first kappa shape index (κ1) is 40.4. The molecule has 0 radical (unpaired) electrons. The van der Waals surface area contributed by atoms with Gasteiger partial charge in [0.05, 0.1) is 16.5 Å².